The Morgan fingerprint density at radius 1 is 1.26 bits per heavy atom. The highest BCUT2D eigenvalue weighted by Crippen LogP contribution is 2.35. The second-order valence-corrected chi connectivity index (χ2v) is 8.55. The number of hydrogen-bond acceptors (Lipinski definition) is 7. The quantitative estimate of drug-likeness (QED) is 0.487. The molecule has 1 atom stereocenters. The fraction of sp³-hybridized carbons (Fsp3) is 0.824. The number of nitrogens with zero attached hydrogens (tertiary/aromatic N) is 1. The Labute approximate surface area is 168 Å². The molecule has 0 spiro atoms. The van der Waals surface area contributed by atoms with E-state index in [2.05, 4.69) is 4.74 Å². The van der Waals surface area contributed by atoms with Crippen LogP contribution >= 0.6 is 24.0 Å². The van der Waals surface area contributed by atoms with Crippen LogP contribution in [-0.2, 0) is 19.0 Å². The van der Waals surface area contributed by atoms with Crippen LogP contribution in [0.4, 0.5) is 13.6 Å². The lowest BCUT2D eigenvalue weighted by atomic mass is 9.87. The number of alkyl halides is 2. The third-order valence-electron chi connectivity index (χ3n) is 3.91. The van der Waals surface area contributed by atoms with E-state index >= 15 is 0 Å². The predicted octanol–water partition coefficient (Wildman–Crippen LogP) is 3.87. The molecule has 1 aliphatic heterocycles. The number of hydrogen-bond donors (Lipinski definition) is 0. The van der Waals surface area contributed by atoms with Crippen LogP contribution in [0.5, 0.6) is 0 Å². The zero-order chi connectivity index (χ0) is 20.8. The third-order valence-corrected chi connectivity index (χ3v) is 4.94. The van der Waals surface area contributed by atoms with E-state index < -0.39 is 35.6 Å². The van der Waals surface area contributed by atoms with Gasteiger partial charge in [0.2, 0.25) is 4.38 Å². The number of carbonyl (C=O) groups is 2. The van der Waals surface area contributed by atoms with Crippen molar-refractivity contribution in [3.8, 4) is 0 Å². The summed E-state index contributed by atoms with van der Waals surface area (Å²) in [7, 11) is 0. The largest absolute Gasteiger partial charge is 0.468 e. The van der Waals surface area contributed by atoms with Crippen LogP contribution in [0, 0.1) is 5.92 Å². The summed E-state index contributed by atoms with van der Waals surface area (Å²) in [4.78, 5) is 25.4. The van der Waals surface area contributed by atoms with E-state index in [9.17, 15) is 18.4 Å². The highest BCUT2D eigenvalue weighted by Gasteiger charge is 2.54. The van der Waals surface area contributed by atoms with E-state index in [1.165, 1.54) is 11.8 Å². The lowest BCUT2D eigenvalue weighted by molar-refractivity contribution is -0.192. The summed E-state index contributed by atoms with van der Waals surface area (Å²) in [6.07, 6.45) is -0.161. The summed E-state index contributed by atoms with van der Waals surface area (Å²) in [6.45, 7) is 7.01. The van der Waals surface area contributed by atoms with E-state index in [0.29, 0.717) is 0 Å². The zero-order valence-corrected chi connectivity index (χ0v) is 17.9. The van der Waals surface area contributed by atoms with Gasteiger partial charge in [-0.3, -0.25) is 0 Å². The molecule has 10 heteroatoms. The topological polar surface area (TPSA) is 65.1 Å². The van der Waals surface area contributed by atoms with Gasteiger partial charge < -0.3 is 19.1 Å². The standard InChI is InChI=1S/C17H27F2NO5S2/c1-6-23-13(21)17(18,19)12(24-15(26)27-5)11-7-9-20(10-8-11)14(22)25-16(2,3)4/h11-12H,6-10H2,1-5H3. The summed E-state index contributed by atoms with van der Waals surface area (Å²) < 4.78 is 44.3. The maximum Gasteiger partial charge on any atom is 0.410 e. The fourth-order valence-electron chi connectivity index (χ4n) is 2.67. The number of ether oxygens (including phenoxy) is 3. The zero-order valence-electron chi connectivity index (χ0n) is 16.3. The van der Waals surface area contributed by atoms with Gasteiger partial charge in [0.1, 0.15) is 5.60 Å². The van der Waals surface area contributed by atoms with Gasteiger partial charge in [-0.05, 0) is 59.0 Å². The highest BCUT2D eigenvalue weighted by atomic mass is 32.2. The molecule has 0 N–H and O–H groups in total. The summed E-state index contributed by atoms with van der Waals surface area (Å²) in [5.74, 6) is -6.13. The van der Waals surface area contributed by atoms with Gasteiger partial charge in [0.25, 0.3) is 0 Å². The van der Waals surface area contributed by atoms with Crippen molar-refractivity contribution in [1.29, 1.82) is 0 Å². The molecule has 0 aliphatic carbocycles. The van der Waals surface area contributed by atoms with Crippen LogP contribution in [0.1, 0.15) is 40.5 Å². The molecule has 27 heavy (non-hydrogen) atoms. The van der Waals surface area contributed by atoms with Crippen LogP contribution in [0.3, 0.4) is 0 Å². The minimum absolute atomic E-state index is 0.0708. The van der Waals surface area contributed by atoms with Crippen LogP contribution in [0.25, 0.3) is 0 Å². The van der Waals surface area contributed by atoms with Gasteiger partial charge in [-0.1, -0.05) is 11.8 Å². The molecular weight excluding hydrogens is 400 g/mol. The summed E-state index contributed by atoms with van der Waals surface area (Å²) in [5, 5.41) is 0. The van der Waals surface area contributed by atoms with Crippen molar-refractivity contribution in [1.82, 2.24) is 4.90 Å². The fourth-order valence-corrected chi connectivity index (χ4v) is 2.98. The number of esters is 1. The minimum atomic E-state index is -3.84. The highest BCUT2D eigenvalue weighted by molar-refractivity contribution is 8.22. The first-order valence-electron chi connectivity index (χ1n) is 8.70. The van der Waals surface area contributed by atoms with Gasteiger partial charge in [-0.25, -0.2) is 9.59 Å². The van der Waals surface area contributed by atoms with Crippen molar-refractivity contribution in [2.75, 3.05) is 26.0 Å². The number of thiocarbonyl (C=S) groups is 1. The third kappa shape index (κ3) is 7.06. The Bertz CT molecular complexity index is 546. The van der Waals surface area contributed by atoms with E-state index in [1.807, 2.05) is 0 Å². The Hall–Kier alpha value is -1.16. The molecule has 1 unspecified atom stereocenters. The molecule has 1 amide bonds. The van der Waals surface area contributed by atoms with E-state index in [1.54, 1.807) is 27.0 Å². The number of rotatable bonds is 5. The Morgan fingerprint density at radius 3 is 2.26 bits per heavy atom. The average Bonchev–Trinajstić information content (AvgIpc) is 2.58. The van der Waals surface area contributed by atoms with Crippen molar-refractivity contribution in [3.63, 3.8) is 0 Å². The first kappa shape index (κ1) is 23.9. The van der Waals surface area contributed by atoms with Crippen molar-refractivity contribution in [2.24, 2.45) is 5.92 Å². The number of thioether (sulfide) groups is 1. The molecule has 0 bridgehead atoms. The van der Waals surface area contributed by atoms with E-state index in [4.69, 9.17) is 21.7 Å². The normalized spacial score (nSPS) is 17.2. The van der Waals surface area contributed by atoms with Crippen LogP contribution in [0.2, 0.25) is 0 Å². The monoisotopic (exact) mass is 427 g/mol. The molecule has 1 rings (SSSR count). The van der Waals surface area contributed by atoms with Crippen molar-refractivity contribution in [2.45, 2.75) is 58.2 Å². The smallest absolute Gasteiger partial charge is 0.410 e. The van der Waals surface area contributed by atoms with Crippen LogP contribution in [-0.4, -0.2) is 64.9 Å². The van der Waals surface area contributed by atoms with E-state index in [-0.39, 0.29) is 36.9 Å². The second-order valence-electron chi connectivity index (χ2n) is 7.14. The maximum absolute atomic E-state index is 14.7. The van der Waals surface area contributed by atoms with Crippen molar-refractivity contribution >= 4 is 40.4 Å². The molecule has 156 valence electrons. The van der Waals surface area contributed by atoms with Gasteiger partial charge in [-0.15, -0.1) is 0 Å². The summed E-state index contributed by atoms with van der Waals surface area (Å²) >= 11 is 5.93. The number of carbonyl (C=O) groups excluding carboxylic acids is 2. The Morgan fingerprint density at radius 2 is 1.81 bits per heavy atom. The predicted molar refractivity (Wildman–Crippen MR) is 103 cm³/mol. The number of likely N-dealkylation sites (tertiary alicyclic amines) is 1. The van der Waals surface area contributed by atoms with Gasteiger partial charge in [0.05, 0.1) is 6.61 Å². The molecule has 0 saturated carbocycles. The second kappa shape index (κ2) is 9.86. The first-order chi connectivity index (χ1) is 12.4. The average molecular weight is 428 g/mol. The van der Waals surface area contributed by atoms with Gasteiger partial charge in [0.15, 0.2) is 6.10 Å². The molecule has 0 aromatic rings. The summed E-state index contributed by atoms with van der Waals surface area (Å²) in [5.41, 5.74) is -0.638. The van der Waals surface area contributed by atoms with Gasteiger partial charge in [-0.2, -0.15) is 8.78 Å². The molecule has 1 aliphatic rings. The lowest BCUT2D eigenvalue weighted by Crippen LogP contribution is -2.52. The van der Waals surface area contributed by atoms with Crippen LogP contribution < -0.4 is 0 Å². The molecule has 0 radical (unpaired) electrons. The molecule has 1 saturated heterocycles. The van der Waals surface area contributed by atoms with Gasteiger partial charge in [0, 0.05) is 19.0 Å². The van der Waals surface area contributed by atoms with E-state index in [0.717, 1.165) is 11.8 Å². The SMILES string of the molecule is CCOC(=O)C(F)(F)C(OC(=S)SC)C1CCN(C(=O)OC(C)(C)C)CC1. The molecular formula is C17H27F2NO5S2. The molecule has 0 aromatic heterocycles. The molecule has 6 nitrogen and oxygen atoms in total. The summed E-state index contributed by atoms with van der Waals surface area (Å²) in [6, 6.07) is 0. The molecule has 1 heterocycles. The van der Waals surface area contributed by atoms with Gasteiger partial charge >= 0.3 is 18.0 Å². The number of piperidine rings is 1. The minimum Gasteiger partial charge on any atom is -0.468 e. The first-order valence-corrected chi connectivity index (χ1v) is 10.3. The lowest BCUT2D eigenvalue weighted by Gasteiger charge is -2.38. The Kier molecular flexibility index (Phi) is 8.72. The number of halogens is 2. The van der Waals surface area contributed by atoms with Crippen molar-refractivity contribution < 1.29 is 32.6 Å². The molecule has 0 aromatic carbocycles. The molecule has 1 fully saturated rings. The number of amides is 1. The Balaban J connectivity index is 2.86. The maximum atomic E-state index is 14.7. The van der Waals surface area contributed by atoms with Crippen molar-refractivity contribution in [3.05, 3.63) is 0 Å². The van der Waals surface area contributed by atoms with Crippen LogP contribution in [0.15, 0.2) is 0 Å².